The van der Waals surface area contributed by atoms with Crippen LogP contribution in [0, 0.1) is 0 Å². The zero-order chi connectivity index (χ0) is 18.5. The first-order valence-electron chi connectivity index (χ1n) is 8.57. The summed E-state index contributed by atoms with van der Waals surface area (Å²) in [6, 6.07) is 12.7. The molecular formula is C20H23NO5. The molecule has 0 aromatic heterocycles. The Hall–Kier alpha value is -2.89. The summed E-state index contributed by atoms with van der Waals surface area (Å²) in [4.78, 5) is 12.5. The van der Waals surface area contributed by atoms with E-state index < -0.39 is 6.10 Å². The normalized spacial score (nSPS) is 14.9. The molecule has 1 aliphatic rings. The third-order valence-electron chi connectivity index (χ3n) is 4.15. The SMILES string of the molecule is COc1cccc(O[C@H](C)C(=O)N[C@@H](C)c2ccc3c(c2)OCCO3)c1. The number of nitrogens with one attached hydrogen (secondary N) is 1. The van der Waals surface area contributed by atoms with Gasteiger partial charge in [-0.1, -0.05) is 12.1 Å². The average Bonchev–Trinajstić information content (AvgIpc) is 2.67. The molecule has 6 heteroatoms. The Morgan fingerprint density at radius 3 is 2.54 bits per heavy atom. The van der Waals surface area contributed by atoms with Gasteiger partial charge in [-0.3, -0.25) is 4.79 Å². The molecule has 2 aromatic rings. The fourth-order valence-corrected chi connectivity index (χ4v) is 2.68. The zero-order valence-corrected chi connectivity index (χ0v) is 15.2. The Kier molecular flexibility index (Phi) is 5.51. The van der Waals surface area contributed by atoms with E-state index in [1.165, 1.54) is 0 Å². The van der Waals surface area contributed by atoms with Crippen LogP contribution in [-0.2, 0) is 4.79 Å². The molecule has 2 atom stereocenters. The molecule has 0 radical (unpaired) electrons. The number of hydrogen-bond donors (Lipinski definition) is 1. The highest BCUT2D eigenvalue weighted by Crippen LogP contribution is 2.32. The van der Waals surface area contributed by atoms with E-state index in [0.29, 0.717) is 30.5 Å². The van der Waals surface area contributed by atoms with Crippen LogP contribution in [0.25, 0.3) is 0 Å². The molecule has 3 rings (SSSR count). The van der Waals surface area contributed by atoms with Crippen LogP contribution < -0.4 is 24.3 Å². The summed E-state index contributed by atoms with van der Waals surface area (Å²) in [7, 11) is 1.59. The van der Waals surface area contributed by atoms with E-state index in [4.69, 9.17) is 18.9 Å². The third kappa shape index (κ3) is 4.20. The summed E-state index contributed by atoms with van der Waals surface area (Å²) in [5.41, 5.74) is 0.941. The molecule has 0 aliphatic carbocycles. The van der Waals surface area contributed by atoms with Gasteiger partial charge in [-0.05, 0) is 43.7 Å². The Balaban J connectivity index is 1.61. The third-order valence-corrected chi connectivity index (χ3v) is 4.15. The Labute approximate surface area is 153 Å². The van der Waals surface area contributed by atoms with Crippen molar-refractivity contribution in [2.45, 2.75) is 26.0 Å². The molecule has 0 bridgehead atoms. The molecule has 6 nitrogen and oxygen atoms in total. The first kappa shape index (κ1) is 17.9. The number of carbonyl (C=O) groups is 1. The first-order valence-corrected chi connectivity index (χ1v) is 8.57. The lowest BCUT2D eigenvalue weighted by molar-refractivity contribution is -0.127. The number of hydrogen-bond acceptors (Lipinski definition) is 5. The highest BCUT2D eigenvalue weighted by atomic mass is 16.6. The van der Waals surface area contributed by atoms with Crippen molar-refractivity contribution >= 4 is 5.91 Å². The number of carbonyl (C=O) groups excluding carboxylic acids is 1. The van der Waals surface area contributed by atoms with Crippen molar-refractivity contribution in [1.82, 2.24) is 5.32 Å². The Morgan fingerprint density at radius 2 is 1.77 bits per heavy atom. The molecule has 0 unspecified atom stereocenters. The molecule has 0 saturated carbocycles. The monoisotopic (exact) mass is 357 g/mol. The fourth-order valence-electron chi connectivity index (χ4n) is 2.68. The topological polar surface area (TPSA) is 66.0 Å². The zero-order valence-electron chi connectivity index (χ0n) is 15.2. The van der Waals surface area contributed by atoms with Gasteiger partial charge in [0.1, 0.15) is 24.7 Å². The van der Waals surface area contributed by atoms with Crippen LogP contribution in [0.4, 0.5) is 0 Å². The van der Waals surface area contributed by atoms with E-state index in [1.54, 1.807) is 26.2 Å². The van der Waals surface area contributed by atoms with Crippen LogP contribution in [-0.4, -0.2) is 32.3 Å². The van der Waals surface area contributed by atoms with Crippen molar-refractivity contribution in [2.24, 2.45) is 0 Å². The quantitative estimate of drug-likeness (QED) is 0.860. The second kappa shape index (κ2) is 7.99. The van der Waals surface area contributed by atoms with Gasteiger partial charge >= 0.3 is 0 Å². The molecule has 2 aromatic carbocycles. The van der Waals surface area contributed by atoms with Crippen LogP contribution in [0.5, 0.6) is 23.0 Å². The average molecular weight is 357 g/mol. The lowest BCUT2D eigenvalue weighted by Crippen LogP contribution is -2.37. The number of amides is 1. The van der Waals surface area contributed by atoms with Gasteiger partial charge in [-0.25, -0.2) is 0 Å². The fraction of sp³-hybridized carbons (Fsp3) is 0.350. The molecule has 26 heavy (non-hydrogen) atoms. The molecule has 1 amide bonds. The van der Waals surface area contributed by atoms with Crippen molar-refractivity contribution in [3.05, 3.63) is 48.0 Å². The van der Waals surface area contributed by atoms with Gasteiger partial charge in [0.25, 0.3) is 5.91 Å². The minimum absolute atomic E-state index is 0.185. The van der Waals surface area contributed by atoms with Crippen LogP contribution >= 0.6 is 0 Å². The van der Waals surface area contributed by atoms with Crippen molar-refractivity contribution in [2.75, 3.05) is 20.3 Å². The summed E-state index contributed by atoms with van der Waals surface area (Å²) in [6.45, 7) is 4.72. The van der Waals surface area contributed by atoms with Crippen LogP contribution in [0.15, 0.2) is 42.5 Å². The summed E-state index contributed by atoms with van der Waals surface area (Å²) in [6.07, 6.45) is -0.637. The van der Waals surface area contributed by atoms with Gasteiger partial charge in [0.15, 0.2) is 17.6 Å². The molecule has 1 aliphatic heterocycles. The molecular weight excluding hydrogens is 334 g/mol. The molecule has 0 spiro atoms. The van der Waals surface area contributed by atoms with Crippen molar-refractivity contribution in [3.8, 4) is 23.0 Å². The number of ether oxygens (including phenoxy) is 4. The van der Waals surface area contributed by atoms with Crippen LogP contribution in [0.3, 0.4) is 0 Å². The maximum Gasteiger partial charge on any atom is 0.261 e. The maximum atomic E-state index is 12.5. The van der Waals surface area contributed by atoms with Crippen molar-refractivity contribution in [3.63, 3.8) is 0 Å². The van der Waals surface area contributed by atoms with Gasteiger partial charge in [0, 0.05) is 6.07 Å². The van der Waals surface area contributed by atoms with Gasteiger partial charge in [0.05, 0.1) is 13.2 Å². The molecule has 0 saturated heterocycles. The number of methoxy groups -OCH3 is 1. The van der Waals surface area contributed by atoms with E-state index >= 15 is 0 Å². The Bertz CT molecular complexity index is 777. The van der Waals surface area contributed by atoms with E-state index in [1.807, 2.05) is 37.3 Å². The number of benzene rings is 2. The van der Waals surface area contributed by atoms with E-state index in [-0.39, 0.29) is 11.9 Å². The maximum absolute atomic E-state index is 12.5. The summed E-state index contributed by atoms with van der Waals surface area (Å²) in [5.74, 6) is 2.50. The standard InChI is InChI=1S/C20H23NO5/c1-13(15-7-8-18-19(11-15)25-10-9-24-18)21-20(22)14(2)26-17-6-4-5-16(12-17)23-3/h4-8,11-14H,9-10H2,1-3H3,(H,21,22)/t13-,14+/m0/s1. The molecule has 138 valence electrons. The number of fused-ring (bicyclic) bond motifs is 1. The Morgan fingerprint density at radius 1 is 1.04 bits per heavy atom. The van der Waals surface area contributed by atoms with Crippen LogP contribution in [0.1, 0.15) is 25.5 Å². The van der Waals surface area contributed by atoms with E-state index in [2.05, 4.69) is 5.32 Å². The van der Waals surface area contributed by atoms with Gasteiger partial charge in [-0.2, -0.15) is 0 Å². The highest BCUT2D eigenvalue weighted by Gasteiger charge is 2.20. The van der Waals surface area contributed by atoms with Crippen molar-refractivity contribution < 1.29 is 23.7 Å². The second-order valence-corrected chi connectivity index (χ2v) is 6.07. The lowest BCUT2D eigenvalue weighted by atomic mass is 10.1. The van der Waals surface area contributed by atoms with Gasteiger partial charge in [0.2, 0.25) is 0 Å². The number of rotatable bonds is 6. The molecule has 1 N–H and O–H groups in total. The highest BCUT2D eigenvalue weighted by molar-refractivity contribution is 5.81. The largest absolute Gasteiger partial charge is 0.497 e. The molecule has 0 fully saturated rings. The second-order valence-electron chi connectivity index (χ2n) is 6.07. The van der Waals surface area contributed by atoms with Gasteiger partial charge < -0.3 is 24.3 Å². The summed E-state index contributed by atoms with van der Waals surface area (Å²) in [5, 5.41) is 2.96. The predicted octanol–water partition coefficient (Wildman–Crippen LogP) is 3.11. The van der Waals surface area contributed by atoms with E-state index in [0.717, 1.165) is 11.3 Å². The first-order chi connectivity index (χ1) is 12.6. The smallest absolute Gasteiger partial charge is 0.261 e. The minimum Gasteiger partial charge on any atom is -0.497 e. The van der Waals surface area contributed by atoms with Gasteiger partial charge in [-0.15, -0.1) is 0 Å². The lowest BCUT2D eigenvalue weighted by Gasteiger charge is -2.22. The molecule has 1 heterocycles. The summed E-state index contributed by atoms with van der Waals surface area (Å²) < 4.78 is 22.0. The minimum atomic E-state index is -0.637. The van der Waals surface area contributed by atoms with Crippen molar-refractivity contribution in [1.29, 1.82) is 0 Å². The summed E-state index contributed by atoms with van der Waals surface area (Å²) >= 11 is 0. The predicted molar refractivity (Wildman–Crippen MR) is 97.1 cm³/mol. The van der Waals surface area contributed by atoms with Crippen LogP contribution in [0.2, 0.25) is 0 Å². The van der Waals surface area contributed by atoms with E-state index in [9.17, 15) is 4.79 Å².